The van der Waals surface area contributed by atoms with Gasteiger partial charge in [-0.3, -0.25) is 14.9 Å². The summed E-state index contributed by atoms with van der Waals surface area (Å²) in [6, 6.07) is 12.6. The van der Waals surface area contributed by atoms with Crippen LogP contribution >= 0.6 is 0 Å². The van der Waals surface area contributed by atoms with Crippen molar-refractivity contribution < 1.29 is 14.3 Å². The lowest BCUT2D eigenvalue weighted by atomic mass is 9.86. The minimum Gasteiger partial charge on any atom is -0.469 e. The van der Waals surface area contributed by atoms with Gasteiger partial charge in [-0.2, -0.15) is 4.98 Å². The van der Waals surface area contributed by atoms with Crippen LogP contribution in [0.5, 0.6) is 6.01 Å². The van der Waals surface area contributed by atoms with Crippen LogP contribution in [0.15, 0.2) is 48.7 Å². The molecule has 31 heavy (non-hydrogen) atoms. The third-order valence-corrected chi connectivity index (χ3v) is 5.53. The first-order valence-corrected chi connectivity index (χ1v) is 10.5. The highest BCUT2D eigenvalue weighted by Crippen LogP contribution is 2.32. The number of rotatable bonds is 7. The predicted octanol–water partition coefficient (Wildman–Crippen LogP) is 4.68. The second-order valence-corrected chi connectivity index (χ2v) is 7.56. The number of hydrogen-bond donors (Lipinski definition) is 1. The molecule has 0 amide bonds. The minimum absolute atomic E-state index is 0.131. The summed E-state index contributed by atoms with van der Waals surface area (Å²) in [7, 11) is 1.44. The average Bonchev–Trinajstić information content (AvgIpc) is 3.29. The number of H-pyrrole nitrogens is 1. The fraction of sp³-hybridized carbons (Fsp3) is 0.333. The highest BCUT2D eigenvalue weighted by Gasteiger charge is 2.19. The molecule has 0 bridgehead atoms. The van der Waals surface area contributed by atoms with E-state index in [9.17, 15) is 4.79 Å². The van der Waals surface area contributed by atoms with Gasteiger partial charge in [-0.15, -0.1) is 5.10 Å². The van der Waals surface area contributed by atoms with Crippen LogP contribution < -0.4 is 4.74 Å². The second kappa shape index (κ2) is 9.55. The molecule has 0 saturated carbocycles. The molecule has 7 nitrogen and oxygen atoms in total. The van der Waals surface area contributed by atoms with Gasteiger partial charge in [0.2, 0.25) is 0 Å². The van der Waals surface area contributed by atoms with Gasteiger partial charge in [0.15, 0.2) is 5.82 Å². The normalized spacial score (nSPS) is 15.9. The maximum absolute atomic E-state index is 11.5. The Morgan fingerprint density at radius 1 is 1.13 bits per heavy atom. The Morgan fingerprint density at radius 2 is 1.90 bits per heavy atom. The molecule has 1 aromatic carbocycles. The first kappa shape index (κ1) is 20.8. The van der Waals surface area contributed by atoms with Gasteiger partial charge in [-0.25, -0.2) is 0 Å². The monoisotopic (exact) mass is 418 g/mol. The zero-order valence-electron chi connectivity index (χ0n) is 17.8. The minimum atomic E-state index is -0.131. The van der Waals surface area contributed by atoms with E-state index >= 15 is 0 Å². The molecule has 3 aromatic rings. The van der Waals surface area contributed by atoms with Crippen molar-refractivity contribution in [3.05, 3.63) is 54.4 Å². The number of nitrogens with zero attached hydrogens (tertiary/aromatic N) is 3. The van der Waals surface area contributed by atoms with Gasteiger partial charge in [0.25, 0.3) is 0 Å². The molecule has 0 spiro atoms. The summed E-state index contributed by atoms with van der Waals surface area (Å²) in [6.45, 7) is 2.43. The first-order chi connectivity index (χ1) is 15.2. The molecule has 1 N–H and O–H groups in total. The summed E-state index contributed by atoms with van der Waals surface area (Å²) in [5, 5.41) is 6.94. The summed E-state index contributed by atoms with van der Waals surface area (Å²) in [5.41, 5.74) is 5.34. The van der Waals surface area contributed by atoms with Gasteiger partial charge >= 0.3 is 12.0 Å². The lowest BCUT2D eigenvalue weighted by Crippen LogP contribution is -2.12. The highest BCUT2D eigenvalue weighted by molar-refractivity contribution is 5.71. The zero-order chi connectivity index (χ0) is 21.6. The molecule has 1 aliphatic rings. The third-order valence-electron chi connectivity index (χ3n) is 5.53. The van der Waals surface area contributed by atoms with Crippen LogP contribution in [0.2, 0.25) is 0 Å². The van der Waals surface area contributed by atoms with Crippen LogP contribution in [0, 0.1) is 5.92 Å². The fourth-order valence-corrected chi connectivity index (χ4v) is 3.77. The van der Waals surface area contributed by atoms with Gasteiger partial charge in [-0.05, 0) is 49.3 Å². The molecule has 1 unspecified atom stereocenters. The van der Waals surface area contributed by atoms with E-state index in [1.165, 1.54) is 12.7 Å². The van der Waals surface area contributed by atoms with Crippen LogP contribution in [0.1, 0.15) is 38.3 Å². The Balaban J connectivity index is 1.42. The molecular formula is C24H26N4O3. The van der Waals surface area contributed by atoms with Crippen molar-refractivity contribution in [1.82, 2.24) is 20.2 Å². The van der Waals surface area contributed by atoms with Crippen molar-refractivity contribution in [3.63, 3.8) is 0 Å². The lowest BCUT2D eigenvalue weighted by Gasteiger charge is -2.20. The number of aromatic nitrogens is 4. The Kier molecular flexibility index (Phi) is 6.40. The largest absolute Gasteiger partial charge is 0.469 e. The molecule has 4 rings (SSSR count). The number of pyridine rings is 1. The van der Waals surface area contributed by atoms with Gasteiger partial charge < -0.3 is 9.47 Å². The van der Waals surface area contributed by atoms with Gasteiger partial charge in [0.05, 0.1) is 19.4 Å². The molecule has 0 radical (unpaired) electrons. The summed E-state index contributed by atoms with van der Waals surface area (Å²) in [6.07, 6.45) is 7.42. The Bertz CT molecular complexity index is 1060. The van der Waals surface area contributed by atoms with Crippen LogP contribution in [-0.4, -0.2) is 39.9 Å². The smallest absolute Gasteiger partial charge is 0.335 e. The molecular weight excluding hydrogens is 392 g/mol. The van der Waals surface area contributed by atoms with E-state index in [1.54, 1.807) is 0 Å². The number of hydrogen-bond acceptors (Lipinski definition) is 6. The molecule has 1 aliphatic carbocycles. The molecule has 1 atom stereocenters. The van der Waals surface area contributed by atoms with Crippen molar-refractivity contribution in [2.75, 3.05) is 13.7 Å². The molecule has 160 valence electrons. The number of methoxy groups -OCH3 is 1. The van der Waals surface area contributed by atoms with E-state index in [4.69, 9.17) is 9.47 Å². The zero-order valence-corrected chi connectivity index (χ0v) is 17.8. The van der Waals surface area contributed by atoms with Crippen molar-refractivity contribution in [2.45, 2.75) is 32.6 Å². The van der Waals surface area contributed by atoms with Crippen LogP contribution in [0.3, 0.4) is 0 Å². The van der Waals surface area contributed by atoms with E-state index in [2.05, 4.69) is 38.4 Å². The summed E-state index contributed by atoms with van der Waals surface area (Å²) < 4.78 is 10.1. The van der Waals surface area contributed by atoms with E-state index in [-0.39, 0.29) is 5.97 Å². The molecule has 0 aliphatic heterocycles. The van der Waals surface area contributed by atoms with E-state index < -0.39 is 0 Å². The first-order valence-electron chi connectivity index (χ1n) is 10.5. The van der Waals surface area contributed by atoms with E-state index in [0.29, 0.717) is 30.8 Å². The average molecular weight is 418 g/mol. The van der Waals surface area contributed by atoms with Gasteiger partial charge in [-0.1, -0.05) is 36.4 Å². The Morgan fingerprint density at radius 3 is 2.55 bits per heavy atom. The van der Waals surface area contributed by atoms with Crippen molar-refractivity contribution in [1.29, 1.82) is 0 Å². The molecule has 0 saturated heterocycles. The van der Waals surface area contributed by atoms with Gasteiger partial charge in [0, 0.05) is 23.7 Å². The van der Waals surface area contributed by atoms with Crippen molar-refractivity contribution in [3.8, 4) is 28.5 Å². The number of esters is 1. The second-order valence-electron chi connectivity index (χ2n) is 7.56. The summed E-state index contributed by atoms with van der Waals surface area (Å²) in [5.74, 6) is 0.912. The van der Waals surface area contributed by atoms with E-state index in [0.717, 1.165) is 41.6 Å². The number of carbonyl (C=O) groups excluding carboxylic acids is 1. The topological polar surface area (TPSA) is 90.0 Å². The van der Waals surface area contributed by atoms with E-state index in [1.807, 2.05) is 37.4 Å². The maximum Gasteiger partial charge on any atom is 0.335 e. The van der Waals surface area contributed by atoms with Crippen LogP contribution in [0.4, 0.5) is 0 Å². The Hall–Kier alpha value is -3.48. The number of carbonyl (C=O) groups is 1. The molecule has 2 aromatic heterocycles. The highest BCUT2D eigenvalue weighted by atomic mass is 16.5. The maximum atomic E-state index is 11.5. The predicted molar refractivity (Wildman–Crippen MR) is 118 cm³/mol. The molecule has 0 fully saturated rings. The number of aromatic amines is 1. The van der Waals surface area contributed by atoms with Crippen LogP contribution in [-0.2, 0) is 9.53 Å². The number of allylic oxidation sites excluding steroid dienone is 2. The van der Waals surface area contributed by atoms with Gasteiger partial charge in [0.1, 0.15) is 0 Å². The summed E-state index contributed by atoms with van der Waals surface area (Å²) >= 11 is 0. The molecule has 7 heteroatoms. The molecule has 2 heterocycles. The quantitative estimate of drug-likeness (QED) is 0.561. The van der Waals surface area contributed by atoms with Crippen molar-refractivity contribution in [2.24, 2.45) is 5.92 Å². The number of nitrogens with one attached hydrogen (secondary N) is 1. The third kappa shape index (κ3) is 4.99. The SMILES string of the molecule is CCOc1n[nH]c(-c2ccc(-c3ccc(C4=CCC(CC(=O)OC)CC4)nc3)cc2)n1. The van der Waals surface area contributed by atoms with Crippen LogP contribution in [0.25, 0.3) is 28.1 Å². The standard InChI is InChI=1S/C24H26N4O3/c1-3-31-24-26-23(27-28-24)19-10-8-17(9-11-19)20-12-13-21(25-15-20)18-6-4-16(5-7-18)14-22(29)30-2/h6,8-13,15-16H,3-5,7,14H2,1-2H3,(H,26,27,28). The summed E-state index contributed by atoms with van der Waals surface area (Å²) in [4.78, 5) is 20.5. The lowest BCUT2D eigenvalue weighted by molar-refractivity contribution is -0.141. The number of ether oxygens (including phenoxy) is 2. The number of benzene rings is 1. The Labute approximate surface area is 181 Å². The van der Waals surface area contributed by atoms with Crippen molar-refractivity contribution >= 4 is 11.5 Å². The fourth-order valence-electron chi connectivity index (χ4n) is 3.77.